The maximum absolute atomic E-state index is 5.80. The van der Waals surface area contributed by atoms with E-state index in [4.69, 9.17) is 15.1 Å². The van der Waals surface area contributed by atoms with E-state index in [1.54, 1.807) is 17.6 Å². The Labute approximate surface area is 122 Å². The van der Waals surface area contributed by atoms with Crippen molar-refractivity contribution in [2.75, 3.05) is 6.54 Å². The molecule has 0 radical (unpaired) electrons. The maximum atomic E-state index is 5.80. The van der Waals surface area contributed by atoms with Crippen molar-refractivity contribution in [2.24, 2.45) is 5.73 Å². The Morgan fingerprint density at radius 3 is 2.80 bits per heavy atom. The van der Waals surface area contributed by atoms with Crippen LogP contribution in [0.2, 0.25) is 0 Å². The van der Waals surface area contributed by atoms with E-state index in [0.717, 1.165) is 28.5 Å². The maximum Gasteiger partial charge on any atom is 0.194 e. The van der Waals surface area contributed by atoms with Gasteiger partial charge in [-0.25, -0.2) is 4.98 Å². The Kier molecular flexibility index (Phi) is 3.18. The van der Waals surface area contributed by atoms with E-state index in [9.17, 15) is 0 Å². The fraction of sp³-hybridized carbons (Fsp3) is 0.400. The summed E-state index contributed by atoms with van der Waals surface area (Å²) >= 11 is 1.64. The van der Waals surface area contributed by atoms with Gasteiger partial charge < -0.3 is 10.2 Å². The Hall–Kier alpha value is -1.59. The number of nitrogens with two attached hydrogens (primary N) is 1. The van der Waals surface area contributed by atoms with Gasteiger partial charge in [-0.15, -0.1) is 11.3 Å². The monoisotopic (exact) mass is 289 g/mol. The van der Waals surface area contributed by atoms with Crippen LogP contribution in [0, 0.1) is 0 Å². The smallest absolute Gasteiger partial charge is 0.194 e. The molecular formula is C15H19N3OS. The molecule has 2 N–H and O–H groups in total. The lowest BCUT2D eigenvalue weighted by Gasteiger charge is -2.18. The zero-order valence-electron chi connectivity index (χ0n) is 12.0. The third kappa shape index (κ3) is 2.07. The molecule has 106 valence electrons. The number of hydrogen-bond donors (Lipinski definition) is 1. The molecular weight excluding hydrogens is 270 g/mol. The Balaban J connectivity index is 2.27. The van der Waals surface area contributed by atoms with Crippen molar-refractivity contribution in [3.63, 3.8) is 0 Å². The highest BCUT2D eigenvalue weighted by Crippen LogP contribution is 2.33. The summed E-state index contributed by atoms with van der Waals surface area (Å²) in [5.41, 5.74) is 9.19. The molecule has 4 nitrogen and oxygen atoms in total. The molecule has 0 aliphatic carbocycles. The Morgan fingerprint density at radius 2 is 2.20 bits per heavy atom. The normalized spacial score (nSPS) is 12.4. The van der Waals surface area contributed by atoms with Crippen molar-refractivity contribution >= 4 is 16.3 Å². The highest BCUT2D eigenvalue weighted by molar-refractivity contribution is 7.15. The lowest BCUT2D eigenvalue weighted by atomic mass is 9.90. The van der Waals surface area contributed by atoms with Gasteiger partial charge in [0, 0.05) is 22.9 Å². The molecule has 3 heterocycles. The number of furan rings is 1. The average molecular weight is 289 g/mol. The van der Waals surface area contributed by atoms with Gasteiger partial charge in [0.15, 0.2) is 10.7 Å². The second kappa shape index (κ2) is 4.75. The van der Waals surface area contributed by atoms with Crippen LogP contribution in [-0.2, 0) is 11.8 Å². The van der Waals surface area contributed by atoms with Crippen molar-refractivity contribution in [3.8, 4) is 11.5 Å². The number of rotatable bonds is 3. The van der Waals surface area contributed by atoms with Gasteiger partial charge in [0.2, 0.25) is 0 Å². The number of imidazole rings is 1. The molecule has 0 unspecified atom stereocenters. The topological polar surface area (TPSA) is 56.5 Å². The van der Waals surface area contributed by atoms with E-state index >= 15 is 0 Å². The van der Waals surface area contributed by atoms with E-state index in [-0.39, 0.29) is 5.41 Å². The fourth-order valence-corrected chi connectivity index (χ4v) is 3.38. The second-order valence-corrected chi connectivity index (χ2v) is 6.75. The third-order valence-corrected chi connectivity index (χ3v) is 4.15. The largest absolute Gasteiger partial charge is 0.463 e. The standard InChI is InChI=1S/C15H19N3OS/c1-15(2,3)13-10(6-7-16)18-11(9-20-14(18)17-13)12-5-4-8-19-12/h4-5,8-9H,6-7,16H2,1-3H3. The van der Waals surface area contributed by atoms with Crippen molar-refractivity contribution in [1.82, 2.24) is 9.38 Å². The summed E-state index contributed by atoms with van der Waals surface area (Å²) in [6, 6.07) is 3.88. The Morgan fingerprint density at radius 1 is 1.40 bits per heavy atom. The molecule has 0 aliphatic heterocycles. The van der Waals surface area contributed by atoms with Crippen LogP contribution in [0.25, 0.3) is 16.4 Å². The van der Waals surface area contributed by atoms with Crippen LogP contribution in [-0.4, -0.2) is 15.9 Å². The second-order valence-electron chi connectivity index (χ2n) is 5.91. The molecule has 0 aliphatic rings. The van der Waals surface area contributed by atoms with Gasteiger partial charge in [-0.3, -0.25) is 4.40 Å². The lowest BCUT2D eigenvalue weighted by Crippen LogP contribution is -2.17. The SMILES string of the molecule is CC(C)(C)c1nc2scc(-c3ccco3)n2c1CCN. The first-order chi connectivity index (χ1) is 9.52. The zero-order valence-corrected chi connectivity index (χ0v) is 12.8. The molecule has 3 aromatic rings. The van der Waals surface area contributed by atoms with Crippen LogP contribution in [0.5, 0.6) is 0 Å². The predicted octanol–water partition coefficient (Wildman–Crippen LogP) is 3.45. The highest BCUT2D eigenvalue weighted by atomic mass is 32.1. The van der Waals surface area contributed by atoms with Crippen molar-refractivity contribution in [3.05, 3.63) is 35.2 Å². The van der Waals surface area contributed by atoms with E-state index in [0.29, 0.717) is 6.54 Å². The van der Waals surface area contributed by atoms with Gasteiger partial charge in [-0.1, -0.05) is 20.8 Å². The van der Waals surface area contributed by atoms with Gasteiger partial charge in [0.25, 0.3) is 0 Å². The van der Waals surface area contributed by atoms with Gasteiger partial charge in [-0.05, 0) is 18.7 Å². The number of hydrogen-bond acceptors (Lipinski definition) is 4. The summed E-state index contributed by atoms with van der Waals surface area (Å²) in [7, 11) is 0. The van der Waals surface area contributed by atoms with Gasteiger partial charge in [-0.2, -0.15) is 0 Å². The molecule has 0 bridgehead atoms. The molecule has 3 rings (SSSR count). The van der Waals surface area contributed by atoms with Crippen LogP contribution in [0.4, 0.5) is 0 Å². The van der Waals surface area contributed by atoms with Crippen molar-refractivity contribution in [1.29, 1.82) is 0 Å². The molecule has 0 amide bonds. The summed E-state index contributed by atoms with van der Waals surface area (Å²) < 4.78 is 7.73. The molecule has 20 heavy (non-hydrogen) atoms. The first-order valence-corrected chi connectivity index (χ1v) is 7.63. The molecule has 0 fully saturated rings. The fourth-order valence-electron chi connectivity index (χ4n) is 2.48. The predicted molar refractivity (Wildman–Crippen MR) is 82.2 cm³/mol. The zero-order chi connectivity index (χ0) is 14.3. The highest BCUT2D eigenvalue weighted by Gasteiger charge is 2.25. The van der Waals surface area contributed by atoms with Crippen molar-refractivity contribution in [2.45, 2.75) is 32.6 Å². The van der Waals surface area contributed by atoms with Crippen LogP contribution in [0.15, 0.2) is 28.2 Å². The molecule has 3 aromatic heterocycles. The summed E-state index contributed by atoms with van der Waals surface area (Å²) in [6.45, 7) is 7.17. The van der Waals surface area contributed by atoms with Crippen LogP contribution in [0.3, 0.4) is 0 Å². The van der Waals surface area contributed by atoms with E-state index in [1.807, 2.05) is 12.1 Å². The van der Waals surface area contributed by atoms with Crippen LogP contribution in [0.1, 0.15) is 32.2 Å². The van der Waals surface area contributed by atoms with Gasteiger partial charge >= 0.3 is 0 Å². The summed E-state index contributed by atoms with van der Waals surface area (Å²) in [5.74, 6) is 0.868. The van der Waals surface area contributed by atoms with Crippen molar-refractivity contribution < 1.29 is 4.42 Å². The van der Waals surface area contributed by atoms with Gasteiger partial charge in [0.05, 0.1) is 12.0 Å². The molecule has 0 atom stereocenters. The average Bonchev–Trinajstić information content (AvgIpc) is 3.03. The number of aromatic nitrogens is 2. The molecule has 0 spiro atoms. The van der Waals surface area contributed by atoms with Crippen LogP contribution >= 0.6 is 11.3 Å². The molecule has 0 aromatic carbocycles. The number of thiazole rings is 1. The minimum absolute atomic E-state index is 0.0106. The first kappa shape index (κ1) is 13.4. The van der Waals surface area contributed by atoms with E-state index < -0.39 is 0 Å². The van der Waals surface area contributed by atoms with E-state index in [2.05, 4.69) is 30.6 Å². The van der Waals surface area contributed by atoms with E-state index in [1.165, 1.54) is 5.69 Å². The first-order valence-electron chi connectivity index (χ1n) is 6.75. The third-order valence-electron chi connectivity index (χ3n) is 3.32. The number of fused-ring (bicyclic) bond motifs is 1. The van der Waals surface area contributed by atoms with Gasteiger partial charge in [0.1, 0.15) is 5.69 Å². The van der Waals surface area contributed by atoms with Crippen LogP contribution < -0.4 is 5.73 Å². The molecule has 0 saturated heterocycles. The molecule has 5 heteroatoms. The minimum atomic E-state index is 0.0106. The summed E-state index contributed by atoms with van der Waals surface area (Å²) in [6.07, 6.45) is 2.52. The summed E-state index contributed by atoms with van der Waals surface area (Å²) in [5, 5.41) is 2.09. The summed E-state index contributed by atoms with van der Waals surface area (Å²) in [4.78, 5) is 5.82. The quantitative estimate of drug-likeness (QED) is 0.803. The molecule has 0 saturated carbocycles. The lowest BCUT2D eigenvalue weighted by molar-refractivity contribution is 0.562. The number of nitrogens with zero attached hydrogens (tertiary/aromatic N) is 2. The minimum Gasteiger partial charge on any atom is -0.463 e. The Bertz CT molecular complexity index is 716.